The van der Waals surface area contributed by atoms with Gasteiger partial charge < -0.3 is 15.5 Å². The summed E-state index contributed by atoms with van der Waals surface area (Å²) in [6.45, 7) is 2.39. The standard InChI is InChI=1S/C17H24N6O2/c24-16-8-2-1-4-10-22(16)11-6-9-18-17(25)19-13-15-21-20-14-7-3-5-12-23(14)15/h3,5,7,12H,1-2,4,6,8-11,13H2,(H2,18,19,25). The number of nitrogens with zero attached hydrogens (tertiary/aromatic N) is 4. The summed E-state index contributed by atoms with van der Waals surface area (Å²) >= 11 is 0. The van der Waals surface area contributed by atoms with Crippen LogP contribution >= 0.6 is 0 Å². The molecule has 3 amide bonds. The molecule has 0 atom stereocenters. The number of hydrogen-bond acceptors (Lipinski definition) is 4. The topological polar surface area (TPSA) is 91.6 Å². The van der Waals surface area contributed by atoms with E-state index in [0.717, 1.165) is 37.9 Å². The van der Waals surface area contributed by atoms with E-state index < -0.39 is 0 Å². The normalized spacial score (nSPS) is 15.2. The molecule has 8 heteroatoms. The number of fused-ring (bicyclic) bond motifs is 1. The lowest BCUT2D eigenvalue weighted by Gasteiger charge is -2.20. The smallest absolute Gasteiger partial charge is 0.315 e. The van der Waals surface area contributed by atoms with Crippen LogP contribution in [-0.4, -0.2) is 51.1 Å². The molecular formula is C17H24N6O2. The van der Waals surface area contributed by atoms with Crippen LogP contribution in [-0.2, 0) is 11.3 Å². The van der Waals surface area contributed by atoms with Crippen molar-refractivity contribution in [3.05, 3.63) is 30.2 Å². The van der Waals surface area contributed by atoms with Crippen molar-refractivity contribution < 1.29 is 9.59 Å². The molecular weight excluding hydrogens is 320 g/mol. The highest BCUT2D eigenvalue weighted by molar-refractivity contribution is 5.76. The molecule has 1 saturated heterocycles. The van der Waals surface area contributed by atoms with Gasteiger partial charge in [0, 0.05) is 32.3 Å². The van der Waals surface area contributed by atoms with Crippen LogP contribution in [0.1, 0.15) is 37.9 Å². The lowest BCUT2D eigenvalue weighted by molar-refractivity contribution is -0.130. The SMILES string of the molecule is O=C(NCCCN1CCCCCC1=O)NCc1nnc2ccccn12. The van der Waals surface area contributed by atoms with Crippen LogP contribution in [0.25, 0.3) is 5.65 Å². The number of aromatic nitrogens is 3. The Labute approximate surface area is 146 Å². The van der Waals surface area contributed by atoms with Gasteiger partial charge in [0.15, 0.2) is 11.5 Å². The van der Waals surface area contributed by atoms with Gasteiger partial charge in [-0.15, -0.1) is 10.2 Å². The molecule has 2 aromatic heterocycles. The Kier molecular flexibility index (Phi) is 5.81. The zero-order valence-electron chi connectivity index (χ0n) is 14.3. The van der Waals surface area contributed by atoms with Gasteiger partial charge >= 0.3 is 6.03 Å². The second-order valence-electron chi connectivity index (χ2n) is 6.20. The summed E-state index contributed by atoms with van der Waals surface area (Å²) in [6.07, 6.45) is 6.47. The second-order valence-corrected chi connectivity index (χ2v) is 6.20. The van der Waals surface area contributed by atoms with Crippen LogP contribution in [0.5, 0.6) is 0 Å². The van der Waals surface area contributed by atoms with Crippen molar-refractivity contribution >= 4 is 17.6 Å². The van der Waals surface area contributed by atoms with Crippen molar-refractivity contribution in [2.24, 2.45) is 0 Å². The number of nitrogens with one attached hydrogen (secondary N) is 2. The highest BCUT2D eigenvalue weighted by Gasteiger charge is 2.15. The molecule has 0 radical (unpaired) electrons. The van der Waals surface area contributed by atoms with Gasteiger partial charge in [0.1, 0.15) is 0 Å². The van der Waals surface area contributed by atoms with Gasteiger partial charge in [-0.05, 0) is 31.4 Å². The molecule has 25 heavy (non-hydrogen) atoms. The van der Waals surface area contributed by atoms with E-state index in [9.17, 15) is 9.59 Å². The first-order valence-electron chi connectivity index (χ1n) is 8.82. The van der Waals surface area contributed by atoms with Crippen LogP contribution in [0.2, 0.25) is 0 Å². The Morgan fingerprint density at radius 1 is 1.16 bits per heavy atom. The monoisotopic (exact) mass is 344 g/mol. The minimum atomic E-state index is -0.241. The predicted octanol–water partition coefficient (Wildman–Crippen LogP) is 1.32. The van der Waals surface area contributed by atoms with E-state index in [1.807, 2.05) is 33.7 Å². The van der Waals surface area contributed by atoms with Crippen LogP contribution in [0.15, 0.2) is 24.4 Å². The molecule has 1 fully saturated rings. The molecule has 0 bridgehead atoms. The van der Waals surface area contributed by atoms with Gasteiger partial charge in [-0.1, -0.05) is 12.5 Å². The Balaban J connectivity index is 1.36. The molecule has 0 spiro atoms. The van der Waals surface area contributed by atoms with Gasteiger partial charge in [0.2, 0.25) is 5.91 Å². The van der Waals surface area contributed by atoms with Crippen molar-refractivity contribution in [3.8, 4) is 0 Å². The van der Waals surface area contributed by atoms with E-state index in [0.29, 0.717) is 31.9 Å². The van der Waals surface area contributed by atoms with Crippen molar-refractivity contribution in [2.45, 2.75) is 38.6 Å². The first kappa shape index (κ1) is 17.2. The average molecular weight is 344 g/mol. The van der Waals surface area contributed by atoms with Crippen LogP contribution < -0.4 is 10.6 Å². The third-order valence-corrected chi connectivity index (χ3v) is 4.35. The number of carbonyl (C=O) groups excluding carboxylic acids is 2. The Bertz CT molecular complexity index is 729. The summed E-state index contributed by atoms with van der Waals surface area (Å²) in [5.41, 5.74) is 0.752. The number of amides is 3. The number of carbonyl (C=O) groups is 2. The van der Waals surface area contributed by atoms with Crippen molar-refractivity contribution in [1.82, 2.24) is 30.1 Å². The van der Waals surface area contributed by atoms with Gasteiger partial charge in [-0.25, -0.2) is 4.79 Å². The van der Waals surface area contributed by atoms with E-state index >= 15 is 0 Å². The molecule has 2 N–H and O–H groups in total. The number of rotatable bonds is 6. The maximum Gasteiger partial charge on any atom is 0.315 e. The summed E-state index contributed by atoms with van der Waals surface area (Å²) < 4.78 is 1.84. The van der Waals surface area contributed by atoms with Crippen molar-refractivity contribution in [2.75, 3.05) is 19.6 Å². The first-order chi connectivity index (χ1) is 12.2. The maximum absolute atomic E-state index is 11.9. The summed E-state index contributed by atoms with van der Waals surface area (Å²) in [4.78, 5) is 25.7. The Hall–Kier alpha value is -2.64. The van der Waals surface area contributed by atoms with Crippen LogP contribution in [0, 0.1) is 0 Å². The summed E-state index contributed by atoms with van der Waals surface area (Å²) in [6, 6.07) is 5.41. The molecule has 0 aliphatic carbocycles. The molecule has 3 rings (SSSR count). The van der Waals surface area contributed by atoms with Gasteiger partial charge in [-0.3, -0.25) is 9.20 Å². The fourth-order valence-corrected chi connectivity index (χ4v) is 2.98. The third-order valence-electron chi connectivity index (χ3n) is 4.35. The predicted molar refractivity (Wildman–Crippen MR) is 92.9 cm³/mol. The molecule has 0 unspecified atom stereocenters. The fraction of sp³-hybridized carbons (Fsp3) is 0.529. The zero-order chi connectivity index (χ0) is 17.5. The molecule has 0 aromatic carbocycles. The third kappa shape index (κ3) is 4.68. The van der Waals surface area contributed by atoms with Gasteiger partial charge in [0.05, 0.1) is 6.54 Å². The largest absolute Gasteiger partial charge is 0.343 e. The van der Waals surface area contributed by atoms with Crippen molar-refractivity contribution in [1.29, 1.82) is 0 Å². The van der Waals surface area contributed by atoms with Gasteiger partial charge in [-0.2, -0.15) is 0 Å². The van der Waals surface area contributed by atoms with E-state index in [-0.39, 0.29) is 11.9 Å². The highest BCUT2D eigenvalue weighted by atomic mass is 16.2. The van der Waals surface area contributed by atoms with E-state index in [2.05, 4.69) is 20.8 Å². The molecule has 1 aliphatic rings. The molecule has 134 valence electrons. The molecule has 3 heterocycles. The second kappa shape index (κ2) is 8.46. The quantitative estimate of drug-likeness (QED) is 0.773. The first-order valence-corrected chi connectivity index (χ1v) is 8.82. The maximum atomic E-state index is 11.9. The summed E-state index contributed by atoms with van der Waals surface area (Å²) in [7, 11) is 0. The molecule has 8 nitrogen and oxygen atoms in total. The molecule has 1 aliphatic heterocycles. The highest BCUT2D eigenvalue weighted by Crippen LogP contribution is 2.11. The van der Waals surface area contributed by atoms with Crippen LogP contribution in [0.3, 0.4) is 0 Å². The Morgan fingerprint density at radius 2 is 2.08 bits per heavy atom. The number of urea groups is 1. The van der Waals surface area contributed by atoms with E-state index in [1.54, 1.807) is 0 Å². The minimum Gasteiger partial charge on any atom is -0.343 e. The number of hydrogen-bond donors (Lipinski definition) is 2. The van der Waals surface area contributed by atoms with Gasteiger partial charge in [0.25, 0.3) is 0 Å². The van der Waals surface area contributed by atoms with Crippen molar-refractivity contribution in [3.63, 3.8) is 0 Å². The zero-order valence-corrected chi connectivity index (χ0v) is 14.3. The summed E-state index contributed by atoms with van der Waals surface area (Å²) in [5, 5.41) is 13.7. The number of pyridine rings is 1. The summed E-state index contributed by atoms with van der Waals surface area (Å²) in [5.74, 6) is 0.918. The Morgan fingerprint density at radius 3 is 3.00 bits per heavy atom. The average Bonchev–Trinajstić information content (AvgIpc) is 2.93. The fourth-order valence-electron chi connectivity index (χ4n) is 2.98. The van der Waals surface area contributed by atoms with Crippen LogP contribution in [0.4, 0.5) is 4.79 Å². The minimum absolute atomic E-state index is 0.237. The lowest BCUT2D eigenvalue weighted by atomic mass is 10.2. The molecule has 0 saturated carbocycles. The number of likely N-dealkylation sites (tertiary alicyclic amines) is 1. The molecule has 2 aromatic rings. The van der Waals surface area contributed by atoms with E-state index in [4.69, 9.17) is 0 Å². The lowest BCUT2D eigenvalue weighted by Crippen LogP contribution is -2.38. The van der Waals surface area contributed by atoms with E-state index in [1.165, 1.54) is 0 Å².